The van der Waals surface area contributed by atoms with Gasteiger partial charge in [0.25, 0.3) is 0 Å². The third-order valence-corrected chi connectivity index (χ3v) is 6.67. The highest BCUT2D eigenvalue weighted by Gasteiger charge is 2.67. The van der Waals surface area contributed by atoms with E-state index in [0.29, 0.717) is 25.9 Å². The molecule has 1 saturated carbocycles. The van der Waals surface area contributed by atoms with Crippen LogP contribution in [0.4, 0.5) is 0 Å². The van der Waals surface area contributed by atoms with Crippen LogP contribution in [-0.2, 0) is 23.8 Å². The van der Waals surface area contributed by atoms with E-state index >= 15 is 0 Å². The lowest BCUT2D eigenvalue weighted by Gasteiger charge is -2.61. The van der Waals surface area contributed by atoms with Gasteiger partial charge in [0.1, 0.15) is 18.0 Å². The van der Waals surface area contributed by atoms with Gasteiger partial charge in [-0.05, 0) is 31.3 Å². The van der Waals surface area contributed by atoms with Gasteiger partial charge in [-0.3, -0.25) is 4.79 Å². The number of carbonyl (C=O) groups is 2. The van der Waals surface area contributed by atoms with Crippen LogP contribution in [0.25, 0.3) is 0 Å². The summed E-state index contributed by atoms with van der Waals surface area (Å²) in [5.41, 5.74) is -2.36. The molecular weight excluding hydrogens is 348 g/mol. The van der Waals surface area contributed by atoms with E-state index in [1.807, 2.05) is 6.92 Å². The summed E-state index contributed by atoms with van der Waals surface area (Å²) in [7, 11) is 0. The lowest BCUT2D eigenvalue weighted by atomic mass is 9.46. The number of fused-ring (bicyclic) bond motifs is 1. The first kappa shape index (κ1) is 20.2. The maximum Gasteiger partial charge on any atom is 0.331 e. The number of rotatable bonds is 4. The molecule has 6 heteroatoms. The van der Waals surface area contributed by atoms with Gasteiger partial charge in [0, 0.05) is 23.0 Å². The van der Waals surface area contributed by atoms with Crippen molar-refractivity contribution in [2.45, 2.75) is 65.0 Å². The first-order valence-electron chi connectivity index (χ1n) is 9.67. The number of esters is 1. The molecule has 0 bridgehead atoms. The van der Waals surface area contributed by atoms with Crippen molar-refractivity contribution in [3.05, 3.63) is 23.8 Å². The van der Waals surface area contributed by atoms with E-state index in [1.54, 1.807) is 19.1 Å². The molecule has 0 spiro atoms. The molecule has 6 nitrogen and oxygen atoms in total. The Morgan fingerprint density at radius 1 is 1.26 bits per heavy atom. The van der Waals surface area contributed by atoms with E-state index in [0.717, 1.165) is 12.8 Å². The van der Waals surface area contributed by atoms with Crippen molar-refractivity contribution in [1.82, 2.24) is 0 Å². The monoisotopic (exact) mass is 378 g/mol. The molecule has 1 N–H and O–H groups in total. The summed E-state index contributed by atoms with van der Waals surface area (Å²) >= 11 is 0. The second-order valence-corrected chi connectivity index (χ2v) is 8.72. The molecular formula is C21H30O6. The summed E-state index contributed by atoms with van der Waals surface area (Å²) < 4.78 is 17.1. The largest absolute Gasteiger partial charge is 0.455 e. The van der Waals surface area contributed by atoms with Crippen LogP contribution in [0.3, 0.4) is 0 Å². The third-order valence-electron chi connectivity index (χ3n) is 6.67. The van der Waals surface area contributed by atoms with Gasteiger partial charge in [-0.15, -0.1) is 0 Å². The lowest BCUT2D eigenvalue weighted by Crippen LogP contribution is -2.68. The summed E-state index contributed by atoms with van der Waals surface area (Å²) in [6.45, 7) is 8.73. The molecule has 2 aliphatic carbocycles. The van der Waals surface area contributed by atoms with E-state index in [9.17, 15) is 14.7 Å². The number of aliphatic hydroxyl groups is 1. The Labute approximate surface area is 160 Å². The van der Waals surface area contributed by atoms with Crippen molar-refractivity contribution in [3.8, 4) is 0 Å². The number of allylic oxidation sites excluding steroid dienone is 1. The molecule has 0 unspecified atom stereocenters. The Balaban J connectivity index is 2.14. The Kier molecular flexibility index (Phi) is 5.36. The molecule has 3 rings (SSSR count). The zero-order valence-electron chi connectivity index (χ0n) is 16.6. The van der Waals surface area contributed by atoms with Gasteiger partial charge in [0.05, 0.1) is 13.2 Å². The normalized spacial score (nSPS) is 39.1. The fourth-order valence-electron chi connectivity index (χ4n) is 5.60. The minimum atomic E-state index is -1.59. The van der Waals surface area contributed by atoms with Gasteiger partial charge < -0.3 is 19.3 Å². The summed E-state index contributed by atoms with van der Waals surface area (Å²) in [5.74, 6) is -0.638. The average Bonchev–Trinajstić information content (AvgIpc) is 3.12. The van der Waals surface area contributed by atoms with E-state index in [2.05, 4.69) is 13.8 Å². The van der Waals surface area contributed by atoms with Crippen LogP contribution in [0.5, 0.6) is 0 Å². The fourth-order valence-corrected chi connectivity index (χ4v) is 5.60. The molecule has 2 fully saturated rings. The van der Waals surface area contributed by atoms with Crippen molar-refractivity contribution < 1.29 is 28.9 Å². The van der Waals surface area contributed by atoms with Gasteiger partial charge in [-0.1, -0.05) is 33.3 Å². The highest BCUT2D eigenvalue weighted by Crippen LogP contribution is 2.62. The van der Waals surface area contributed by atoms with Gasteiger partial charge in [0.2, 0.25) is 0 Å². The van der Waals surface area contributed by atoms with Crippen LogP contribution >= 0.6 is 0 Å². The number of aldehydes is 1. The lowest BCUT2D eigenvalue weighted by molar-refractivity contribution is -0.257. The van der Waals surface area contributed by atoms with E-state index in [-0.39, 0.29) is 16.9 Å². The smallest absolute Gasteiger partial charge is 0.331 e. The second kappa shape index (κ2) is 7.15. The minimum Gasteiger partial charge on any atom is -0.455 e. The quantitative estimate of drug-likeness (QED) is 0.460. The van der Waals surface area contributed by atoms with Crippen molar-refractivity contribution in [3.63, 3.8) is 0 Å². The molecule has 0 radical (unpaired) electrons. The van der Waals surface area contributed by atoms with Crippen LogP contribution < -0.4 is 0 Å². The van der Waals surface area contributed by atoms with Crippen LogP contribution in [0.2, 0.25) is 0 Å². The zero-order chi connectivity index (χ0) is 19.9. The van der Waals surface area contributed by atoms with Crippen molar-refractivity contribution in [2.24, 2.45) is 16.7 Å². The third kappa shape index (κ3) is 3.08. The minimum absolute atomic E-state index is 0.170. The van der Waals surface area contributed by atoms with Gasteiger partial charge in [-0.2, -0.15) is 0 Å². The summed E-state index contributed by atoms with van der Waals surface area (Å²) in [4.78, 5) is 24.1. The Morgan fingerprint density at radius 2 is 1.93 bits per heavy atom. The summed E-state index contributed by atoms with van der Waals surface area (Å²) in [6.07, 6.45) is 6.25. The Morgan fingerprint density at radius 3 is 2.52 bits per heavy atom. The maximum atomic E-state index is 12.2. The molecule has 150 valence electrons. The molecule has 0 amide bonds. The Bertz CT molecular complexity index is 660. The number of hydrogen-bond acceptors (Lipinski definition) is 6. The van der Waals surface area contributed by atoms with E-state index < -0.39 is 29.4 Å². The molecule has 3 aliphatic rings. The standard InChI is InChI=1S/C21H30O6/c1-5-7-16(23)27-15-12-14(13-22)21(24,18-25-10-11-26-18)20(4)9-6-8-19(2,3)17(15)20/h5,7,12-13,15,17-18,24H,6,8-11H2,1-4H3/b7-5+/t15-,17+,20+,21+/m1/s1. The summed E-state index contributed by atoms with van der Waals surface area (Å²) in [5, 5.41) is 11.9. The highest BCUT2D eigenvalue weighted by atomic mass is 16.7. The van der Waals surface area contributed by atoms with Gasteiger partial charge in [-0.25, -0.2) is 4.79 Å². The van der Waals surface area contributed by atoms with Crippen LogP contribution in [0.1, 0.15) is 47.0 Å². The van der Waals surface area contributed by atoms with Crippen molar-refractivity contribution in [2.75, 3.05) is 13.2 Å². The topological polar surface area (TPSA) is 82.1 Å². The van der Waals surface area contributed by atoms with Gasteiger partial charge in [0.15, 0.2) is 6.29 Å². The van der Waals surface area contributed by atoms with E-state index in [4.69, 9.17) is 14.2 Å². The molecule has 1 heterocycles. The zero-order valence-corrected chi connectivity index (χ0v) is 16.6. The molecule has 1 saturated heterocycles. The molecule has 27 heavy (non-hydrogen) atoms. The average molecular weight is 378 g/mol. The van der Waals surface area contributed by atoms with Crippen LogP contribution in [-0.4, -0.2) is 48.6 Å². The maximum absolute atomic E-state index is 12.2. The van der Waals surface area contributed by atoms with Crippen molar-refractivity contribution >= 4 is 12.3 Å². The second-order valence-electron chi connectivity index (χ2n) is 8.72. The van der Waals surface area contributed by atoms with Gasteiger partial charge >= 0.3 is 5.97 Å². The van der Waals surface area contributed by atoms with Crippen molar-refractivity contribution in [1.29, 1.82) is 0 Å². The number of ether oxygens (including phenoxy) is 3. The van der Waals surface area contributed by atoms with E-state index in [1.165, 1.54) is 6.08 Å². The van der Waals surface area contributed by atoms with Crippen LogP contribution in [0.15, 0.2) is 23.8 Å². The van der Waals surface area contributed by atoms with Crippen LogP contribution in [0, 0.1) is 16.7 Å². The summed E-state index contributed by atoms with van der Waals surface area (Å²) in [6, 6.07) is 0. The predicted molar refractivity (Wildman–Crippen MR) is 98.7 cm³/mol. The number of hydrogen-bond donors (Lipinski definition) is 1. The number of carbonyl (C=O) groups excluding carboxylic acids is 2. The fraction of sp³-hybridized carbons (Fsp3) is 0.714. The molecule has 4 atom stereocenters. The molecule has 0 aromatic heterocycles. The first-order valence-corrected chi connectivity index (χ1v) is 9.67. The predicted octanol–water partition coefficient (Wildman–Crippen LogP) is 2.55. The molecule has 0 aromatic carbocycles. The highest BCUT2D eigenvalue weighted by molar-refractivity contribution is 5.83. The molecule has 1 aliphatic heterocycles. The SMILES string of the molecule is C/C=C/C(=O)O[C@@H]1C=C(C=O)[C@](O)(C2OCCO2)[C@@]2(C)CCCC(C)(C)[C@H]12. The molecule has 0 aromatic rings. The Hall–Kier alpha value is -1.50. The first-order chi connectivity index (χ1) is 12.7.